The lowest BCUT2D eigenvalue weighted by molar-refractivity contribution is -0.137. The number of hydrogen-bond donors (Lipinski definition) is 0. The summed E-state index contributed by atoms with van der Waals surface area (Å²) < 4.78 is 47.5. The van der Waals surface area contributed by atoms with Crippen LogP contribution >= 0.6 is 0 Å². The van der Waals surface area contributed by atoms with E-state index < -0.39 is 17.7 Å². The molecular formula is C22H19F3N4O2. The van der Waals surface area contributed by atoms with Gasteiger partial charge < -0.3 is 4.74 Å². The number of nitrogens with zero attached hydrogens (tertiary/aromatic N) is 4. The van der Waals surface area contributed by atoms with E-state index in [1.807, 2.05) is 25.1 Å². The number of rotatable bonds is 5. The first kappa shape index (κ1) is 20.6. The first-order chi connectivity index (χ1) is 14.8. The molecule has 0 aliphatic rings. The van der Waals surface area contributed by atoms with Gasteiger partial charge in [-0.25, -0.2) is 9.31 Å². The van der Waals surface area contributed by atoms with Gasteiger partial charge in [-0.3, -0.25) is 4.68 Å². The van der Waals surface area contributed by atoms with E-state index in [0.717, 1.165) is 29.0 Å². The second-order valence-corrected chi connectivity index (χ2v) is 7.01. The van der Waals surface area contributed by atoms with Crippen LogP contribution in [0.5, 0.6) is 0 Å². The first-order valence-corrected chi connectivity index (χ1v) is 9.63. The molecule has 0 fully saturated rings. The molecule has 0 saturated heterocycles. The van der Waals surface area contributed by atoms with E-state index >= 15 is 0 Å². The van der Waals surface area contributed by atoms with Gasteiger partial charge in [0.05, 0.1) is 35.6 Å². The highest BCUT2D eigenvalue weighted by molar-refractivity contribution is 5.87. The molecule has 3 aromatic heterocycles. The zero-order valence-electron chi connectivity index (χ0n) is 16.8. The fourth-order valence-electron chi connectivity index (χ4n) is 3.32. The van der Waals surface area contributed by atoms with E-state index in [-0.39, 0.29) is 12.3 Å². The average molecular weight is 428 g/mol. The smallest absolute Gasteiger partial charge is 0.416 e. The molecule has 3 heterocycles. The summed E-state index contributed by atoms with van der Waals surface area (Å²) in [7, 11) is 0. The Morgan fingerprint density at radius 3 is 2.58 bits per heavy atom. The number of alkyl halides is 3. The third kappa shape index (κ3) is 4.16. The van der Waals surface area contributed by atoms with E-state index in [0.29, 0.717) is 17.8 Å². The van der Waals surface area contributed by atoms with Crippen LogP contribution < -0.4 is 0 Å². The van der Waals surface area contributed by atoms with Crippen molar-refractivity contribution in [2.45, 2.75) is 26.6 Å². The molecule has 0 spiro atoms. The van der Waals surface area contributed by atoms with Crippen LogP contribution in [0.4, 0.5) is 13.2 Å². The van der Waals surface area contributed by atoms with Gasteiger partial charge in [-0.05, 0) is 50.2 Å². The number of aromatic nitrogens is 4. The van der Waals surface area contributed by atoms with Gasteiger partial charge in [0.25, 0.3) is 0 Å². The second-order valence-electron chi connectivity index (χ2n) is 7.01. The van der Waals surface area contributed by atoms with E-state index in [2.05, 4.69) is 10.2 Å². The number of hydrogen-bond acceptors (Lipinski definition) is 4. The van der Waals surface area contributed by atoms with E-state index in [1.54, 1.807) is 34.3 Å². The van der Waals surface area contributed by atoms with Crippen molar-refractivity contribution in [1.82, 2.24) is 19.4 Å². The predicted molar refractivity (Wildman–Crippen MR) is 108 cm³/mol. The predicted octanol–water partition coefficient (Wildman–Crippen LogP) is 4.75. The average Bonchev–Trinajstić information content (AvgIpc) is 3.32. The van der Waals surface area contributed by atoms with Crippen molar-refractivity contribution < 1.29 is 22.7 Å². The normalized spacial score (nSPS) is 11.8. The molecule has 0 saturated carbocycles. The SMILES string of the molecule is CCOC(=O)c1cc(C)n(Cc2cccc3cc(-c4cccc(C(F)(F)F)c4)nn23)n1. The van der Waals surface area contributed by atoms with Crippen LogP contribution in [0.2, 0.25) is 0 Å². The second kappa shape index (κ2) is 7.90. The molecule has 4 rings (SSSR count). The van der Waals surface area contributed by atoms with Crippen LogP contribution in [0.1, 0.15) is 34.4 Å². The number of carbonyl (C=O) groups excluding carboxylic acids is 1. The van der Waals surface area contributed by atoms with Gasteiger partial charge in [0.15, 0.2) is 5.69 Å². The van der Waals surface area contributed by atoms with Gasteiger partial charge in [0.2, 0.25) is 0 Å². The van der Waals surface area contributed by atoms with Crippen LogP contribution in [0.25, 0.3) is 16.8 Å². The van der Waals surface area contributed by atoms with E-state index in [9.17, 15) is 18.0 Å². The van der Waals surface area contributed by atoms with E-state index in [4.69, 9.17) is 4.74 Å². The molecule has 0 amide bonds. The molecule has 0 radical (unpaired) electrons. The van der Waals surface area contributed by atoms with Gasteiger partial charge in [-0.1, -0.05) is 18.2 Å². The third-order valence-electron chi connectivity index (χ3n) is 4.83. The molecule has 0 aliphatic heterocycles. The quantitative estimate of drug-likeness (QED) is 0.431. The largest absolute Gasteiger partial charge is 0.461 e. The molecule has 0 atom stereocenters. The number of fused-ring (bicyclic) bond motifs is 1. The Bertz CT molecular complexity index is 1260. The minimum Gasteiger partial charge on any atom is -0.461 e. The summed E-state index contributed by atoms with van der Waals surface area (Å²) >= 11 is 0. The number of carbonyl (C=O) groups is 1. The van der Waals surface area contributed by atoms with Gasteiger partial charge in [-0.2, -0.15) is 23.4 Å². The molecule has 4 aromatic rings. The van der Waals surface area contributed by atoms with Crippen LogP contribution in [-0.4, -0.2) is 32.0 Å². The molecule has 0 N–H and O–H groups in total. The highest BCUT2D eigenvalue weighted by Gasteiger charge is 2.30. The minimum absolute atomic E-state index is 0.219. The molecule has 0 unspecified atom stereocenters. The molecular weight excluding hydrogens is 409 g/mol. The topological polar surface area (TPSA) is 61.4 Å². The maximum Gasteiger partial charge on any atom is 0.416 e. The zero-order valence-corrected chi connectivity index (χ0v) is 16.8. The molecule has 6 nitrogen and oxygen atoms in total. The van der Waals surface area contributed by atoms with Crippen LogP contribution in [0, 0.1) is 6.92 Å². The molecule has 160 valence electrons. The van der Waals surface area contributed by atoms with Gasteiger partial charge in [-0.15, -0.1) is 0 Å². The fraction of sp³-hybridized carbons (Fsp3) is 0.227. The summed E-state index contributed by atoms with van der Waals surface area (Å²) in [5.41, 5.74) is 2.58. The van der Waals surface area contributed by atoms with Crippen molar-refractivity contribution in [3.63, 3.8) is 0 Å². The summed E-state index contributed by atoms with van der Waals surface area (Å²) in [6, 6.07) is 14.0. The molecule has 1 aromatic carbocycles. The first-order valence-electron chi connectivity index (χ1n) is 9.63. The number of benzene rings is 1. The molecule has 31 heavy (non-hydrogen) atoms. The number of halogens is 3. The summed E-state index contributed by atoms with van der Waals surface area (Å²) in [5, 5.41) is 8.83. The van der Waals surface area contributed by atoms with Crippen molar-refractivity contribution in [3.8, 4) is 11.3 Å². The Kier molecular flexibility index (Phi) is 5.26. The van der Waals surface area contributed by atoms with Gasteiger partial charge in [0, 0.05) is 11.3 Å². The van der Waals surface area contributed by atoms with Crippen LogP contribution in [0.15, 0.2) is 54.6 Å². The lowest BCUT2D eigenvalue weighted by atomic mass is 10.1. The molecule has 9 heteroatoms. The lowest BCUT2D eigenvalue weighted by Crippen LogP contribution is -2.10. The Labute approximate surface area is 175 Å². The van der Waals surface area contributed by atoms with Crippen molar-refractivity contribution >= 4 is 11.5 Å². The standard InChI is InChI=1S/C22H19F3N4O2/c1-3-31-21(30)20-10-14(2)28(26-20)13-18-9-5-8-17-12-19(27-29(17)18)15-6-4-7-16(11-15)22(23,24)25/h4-12H,3,13H2,1-2H3. The summed E-state index contributed by atoms with van der Waals surface area (Å²) in [5.74, 6) is -0.492. The number of ether oxygens (including phenoxy) is 1. The molecule has 0 aliphatic carbocycles. The Hall–Kier alpha value is -3.62. The maximum atomic E-state index is 13.1. The summed E-state index contributed by atoms with van der Waals surface area (Å²) in [6.45, 7) is 4.14. The lowest BCUT2D eigenvalue weighted by Gasteiger charge is -2.08. The highest BCUT2D eigenvalue weighted by atomic mass is 19.4. The molecule has 0 bridgehead atoms. The highest BCUT2D eigenvalue weighted by Crippen LogP contribution is 2.32. The van der Waals surface area contributed by atoms with Crippen LogP contribution in [-0.2, 0) is 17.5 Å². The zero-order chi connectivity index (χ0) is 22.2. The minimum atomic E-state index is -4.42. The Balaban J connectivity index is 1.69. The number of esters is 1. The van der Waals surface area contributed by atoms with Crippen LogP contribution in [0.3, 0.4) is 0 Å². The van der Waals surface area contributed by atoms with Gasteiger partial charge >= 0.3 is 12.1 Å². The Morgan fingerprint density at radius 1 is 1.06 bits per heavy atom. The maximum absolute atomic E-state index is 13.1. The number of aryl methyl sites for hydroxylation is 1. The van der Waals surface area contributed by atoms with Crippen molar-refractivity contribution in [3.05, 3.63) is 77.2 Å². The van der Waals surface area contributed by atoms with Crippen molar-refractivity contribution in [1.29, 1.82) is 0 Å². The Morgan fingerprint density at radius 2 is 1.84 bits per heavy atom. The monoisotopic (exact) mass is 428 g/mol. The summed E-state index contributed by atoms with van der Waals surface area (Å²) in [4.78, 5) is 11.9. The third-order valence-corrected chi connectivity index (χ3v) is 4.83. The van der Waals surface area contributed by atoms with Gasteiger partial charge in [0.1, 0.15) is 0 Å². The van der Waals surface area contributed by atoms with E-state index in [1.165, 1.54) is 6.07 Å². The van der Waals surface area contributed by atoms with Crippen molar-refractivity contribution in [2.24, 2.45) is 0 Å². The van der Waals surface area contributed by atoms with Crippen molar-refractivity contribution in [2.75, 3.05) is 6.61 Å². The summed E-state index contributed by atoms with van der Waals surface area (Å²) in [6.07, 6.45) is -4.42. The number of pyridine rings is 1. The fourth-order valence-corrected chi connectivity index (χ4v) is 3.32.